The van der Waals surface area contributed by atoms with Gasteiger partial charge in [0.2, 0.25) is 5.95 Å². The van der Waals surface area contributed by atoms with Crippen LogP contribution in [0.3, 0.4) is 0 Å². The molecule has 5 rings (SSSR count). The number of aromatic nitrogens is 2. The molecular formula is C26H25FN4O. The van der Waals surface area contributed by atoms with E-state index in [9.17, 15) is 9.18 Å². The summed E-state index contributed by atoms with van der Waals surface area (Å²) in [6.07, 6.45) is 0.539. The molecule has 162 valence electrons. The van der Waals surface area contributed by atoms with Gasteiger partial charge in [0.1, 0.15) is 5.82 Å². The largest absolute Gasteiger partial charge is 0.366 e. The molecule has 1 N–H and O–H groups in total. The minimum Gasteiger partial charge on any atom is -0.366 e. The van der Waals surface area contributed by atoms with Crippen LogP contribution in [0.25, 0.3) is 10.8 Å². The number of aromatic amines is 1. The quantitative estimate of drug-likeness (QED) is 0.527. The number of piperazine rings is 1. The maximum Gasteiger partial charge on any atom is 0.256 e. The molecule has 0 radical (unpaired) electrons. The number of rotatable bonds is 4. The first-order valence-electron chi connectivity index (χ1n) is 10.9. The molecule has 3 aromatic carbocycles. The second-order valence-corrected chi connectivity index (χ2v) is 8.19. The lowest BCUT2D eigenvalue weighted by Crippen LogP contribution is -2.48. The van der Waals surface area contributed by atoms with Gasteiger partial charge in [-0.3, -0.25) is 9.78 Å². The SMILES string of the molecule is Cc1nc(N2CCN(c3ccccc3F)CC2)[nH]c(=O)c1Cc1cccc2ccccc12. The summed E-state index contributed by atoms with van der Waals surface area (Å²) < 4.78 is 14.1. The zero-order valence-electron chi connectivity index (χ0n) is 18.0. The van der Waals surface area contributed by atoms with E-state index in [1.165, 1.54) is 6.07 Å². The van der Waals surface area contributed by atoms with E-state index in [-0.39, 0.29) is 11.4 Å². The highest BCUT2D eigenvalue weighted by Crippen LogP contribution is 2.23. The third-order valence-electron chi connectivity index (χ3n) is 6.23. The highest BCUT2D eigenvalue weighted by atomic mass is 19.1. The van der Waals surface area contributed by atoms with Crippen molar-refractivity contribution in [2.75, 3.05) is 36.0 Å². The summed E-state index contributed by atoms with van der Waals surface area (Å²) in [5.74, 6) is 0.378. The summed E-state index contributed by atoms with van der Waals surface area (Å²) in [6, 6.07) is 21.2. The summed E-state index contributed by atoms with van der Waals surface area (Å²) in [4.78, 5) is 24.8. The second-order valence-electron chi connectivity index (χ2n) is 8.19. The van der Waals surface area contributed by atoms with Gasteiger partial charge >= 0.3 is 0 Å². The zero-order chi connectivity index (χ0) is 22.1. The minimum atomic E-state index is -0.207. The normalized spacial score (nSPS) is 14.2. The van der Waals surface area contributed by atoms with E-state index in [0.29, 0.717) is 49.8 Å². The van der Waals surface area contributed by atoms with Crippen LogP contribution in [0.15, 0.2) is 71.5 Å². The van der Waals surface area contributed by atoms with Gasteiger partial charge in [-0.2, -0.15) is 0 Å². The topological polar surface area (TPSA) is 52.2 Å². The molecule has 1 aliphatic rings. The molecule has 0 atom stereocenters. The second kappa shape index (κ2) is 8.46. The number of hydrogen-bond donors (Lipinski definition) is 1. The molecule has 4 aromatic rings. The molecule has 1 aliphatic heterocycles. The van der Waals surface area contributed by atoms with E-state index in [1.807, 2.05) is 36.1 Å². The highest BCUT2D eigenvalue weighted by molar-refractivity contribution is 5.85. The van der Waals surface area contributed by atoms with E-state index < -0.39 is 0 Å². The Morgan fingerprint density at radius 3 is 2.38 bits per heavy atom. The van der Waals surface area contributed by atoms with Crippen molar-refractivity contribution in [2.45, 2.75) is 13.3 Å². The Balaban J connectivity index is 1.35. The lowest BCUT2D eigenvalue weighted by atomic mass is 9.98. The average Bonchev–Trinajstić information content (AvgIpc) is 2.82. The molecule has 0 unspecified atom stereocenters. The van der Waals surface area contributed by atoms with Crippen molar-refractivity contribution < 1.29 is 4.39 Å². The van der Waals surface area contributed by atoms with Crippen LogP contribution in [-0.4, -0.2) is 36.1 Å². The molecule has 0 spiro atoms. The van der Waals surface area contributed by atoms with Crippen LogP contribution in [0.5, 0.6) is 0 Å². The lowest BCUT2D eigenvalue weighted by molar-refractivity contribution is 0.593. The minimum absolute atomic E-state index is 0.100. The molecule has 1 fully saturated rings. The number of hydrogen-bond acceptors (Lipinski definition) is 4. The Kier molecular flexibility index (Phi) is 5.35. The number of fused-ring (bicyclic) bond motifs is 1. The van der Waals surface area contributed by atoms with Crippen LogP contribution < -0.4 is 15.4 Å². The first-order chi connectivity index (χ1) is 15.6. The van der Waals surface area contributed by atoms with Gasteiger partial charge in [-0.15, -0.1) is 0 Å². The summed E-state index contributed by atoms with van der Waals surface area (Å²) >= 11 is 0. The average molecular weight is 429 g/mol. The first kappa shape index (κ1) is 20.2. The standard InChI is InChI=1S/C26H25FN4O/c1-18-22(17-20-9-6-8-19-7-2-3-10-21(19)20)25(32)29-26(28-18)31-15-13-30(14-16-31)24-12-5-4-11-23(24)27/h2-12H,13-17H2,1H3,(H,28,29,32). The molecule has 0 amide bonds. The molecule has 32 heavy (non-hydrogen) atoms. The predicted octanol–water partition coefficient (Wildman–Crippen LogP) is 4.29. The smallest absolute Gasteiger partial charge is 0.256 e. The summed E-state index contributed by atoms with van der Waals surface area (Å²) in [5.41, 5.74) is 3.07. The monoisotopic (exact) mass is 428 g/mol. The van der Waals surface area contributed by atoms with Crippen LogP contribution in [0, 0.1) is 12.7 Å². The molecule has 1 saturated heterocycles. The van der Waals surface area contributed by atoms with E-state index in [0.717, 1.165) is 22.0 Å². The van der Waals surface area contributed by atoms with Gasteiger partial charge in [0.25, 0.3) is 5.56 Å². The van der Waals surface area contributed by atoms with Gasteiger partial charge in [-0.05, 0) is 35.4 Å². The fraction of sp³-hybridized carbons (Fsp3) is 0.231. The third-order valence-corrected chi connectivity index (χ3v) is 6.23. The zero-order valence-corrected chi connectivity index (χ0v) is 18.0. The number of nitrogens with one attached hydrogen (secondary N) is 1. The predicted molar refractivity (Wildman–Crippen MR) is 127 cm³/mol. The number of nitrogens with zero attached hydrogens (tertiary/aromatic N) is 3. The number of anilines is 2. The molecule has 0 bridgehead atoms. The first-order valence-corrected chi connectivity index (χ1v) is 10.9. The van der Waals surface area contributed by atoms with Gasteiger partial charge < -0.3 is 9.80 Å². The van der Waals surface area contributed by atoms with Crippen molar-refractivity contribution in [3.8, 4) is 0 Å². The van der Waals surface area contributed by atoms with Gasteiger partial charge in [0, 0.05) is 38.2 Å². The number of benzene rings is 3. The molecular weight excluding hydrogens is 403 g/mol. The van der Waals surface area contributed by atoms with Crippen LogP contribution in [-0.2, 0) is 6.42 Å². The highest BCUT2D eigenvalue weighted by Gasteiger charge is 2.22. The maximum atomic E-state index is 14.1. The van der Waals surface area contributed by atoms with Gasteiger partial charge in [0.05, 0.1) is 11.4 Å². The Hall–Kier alpha value is -3.67. The fourth-order valence-electron chi connectivity index (χ4n) is 4.46. The van der Waals surface area contributed by atoms with Crippen molar-refractivity contribution in [2.24, 2.45) is 0 Å². The van der Waals surface area contributed by atoms with E-state index >= 15 is 0 Å². The van der Waals surface area contributed by atoms with E-state index in [2.05, 4.69) is 34.1 Å². The lowest BCUT2D eigenvalue weighted by Gasteiger charge is -2.36. The van der Waals surface area contributed by atoms with Gasteiger partial charge in [-0.1, -0.05) is 54.6 Å². The van der Waals surface area contributed by atoms with E-state index in [4.69, 9.17) is 4.98 Å². The van der Waals surface area contributed by atoms with Crippen molar-refractivity contribution in [3.63, 3.8) is 0 Å². The van der Waals surface area contributed by atoms with Crippen LogP contribution >= 0.6 is 0 Å². The number of H-pyrrole nitrogens is 1. The van der Waals surface area contributed by atoms with E-state index in [1.54, 1.807) is 12.1 Å². The Morgan fingerprint density at radius 2 is 1.59 bits per heavy atom. The maximum absolute atomic E-state index is 14.1. The number of halogens is 1. The molecule has 5 nitrogen and oxygen atoms in total. The molecule has 0 saturated carbocycles. The summed E-state index contributed by atoms with van der Waals surface area (Å²) in [5, 5.41) is 2.32. The molecule has 1 aromatic heterocycles. The van der Waals surface area contributed by atoms with Crippen molar-refractivity contribution in [1.29, 1.82) is 0 Å². The van der Waals surface area contributed by atoms with Crippen LogP contribution in [0.2, 0.25) is 0 Å². The fourth-order valence-corrected chi connectivity index (χ4v) is 4.46. The Bertz CT molecular complexity index is 1320. The Labute approximate surface area is 186 Å². The summed E-state index contributed by atoms with van der Waals surface area (Å²) in [7, 11) is 0. The van der Waals surface area contributed by atoms with Crippen molar-refractivity contribution in [3.05, 3.63) is 99.7 Å². The van der Waals surface area contributed by atoms with Crippen LogP contribution in [0.4, 0.5) is 16.0 Å². The van der Waals surface area contributed by atoms with Gasteiger partial charge in [0.15, 0.2) is 0 Å². The number of aryl methyl sites for hydroxylation is 1. The number of para-hydroxylation sites is 1. The molecule has 0 aliphatic carbocycles. The summed E-state index contributed by atoms with van der Waals surface area (Å²) in [6.45, 7) is 4.57. The van der Waals surface area contributed by atoms with Gasteiger partial charge in [-0.25, -0.2) is 9.37 Å². The van der Waals surface area contributed by atoms with Crippen molar-refractivity contribution >= 4 is 22.4 Å². The Morgan fingerprint density at radius 1 is 0.906 bits per heavy atom. The third kappa shape index (κ3) is 3.84. The molecule has 6 heteroatoms. The molecule has 2 heterocycles. The van der Waals surface area contributed by atoms with Crippen LogP contribution in [0.1, 0.15) is 16.8 Å². The van der Waals surface area contributed by atoms with Crippen molar-refractivity contribution in [1.82, 2.24) is 9.97 Å².